The van der Waals surface area contributed by atoms with E-state index in [2.05, 4.69) is 15.3 Å². The second kappa shape index (κ2) is 8.18. The molecule has 1 aromatic carbocycles. The van der Waals surface area contributed by atoms with Crippen LogP contribution in [0.3, 0.4) is 0 Å². The largest absolute Gasteiger partial charge is 0.489 e. The maximum atomic E-state index is 12.5. The van der Waals surface area contributed by atoms with Gasteiger partial charge in [-0.2, -0.15) is 0 Å². The van der Waals surface area contributed by atoms with Crippen LogP contribution in [0.5, 0.6) is 5.75 Å². The average molecular weight is 421 g/mol. The van der Waals surface area contributed by atoms with Crippen molar-refractivity contribution in [3.63, 3.8) is 0 Å². The average Bonchev–Trinajstić information content (AvgIpc) is 3.30. The molecule has 0 spiro atoms. The summed E-state index contributed by atoms with van der Waals surface area (Å²) in [6.45, 7) is 1.80. The van der Waals surface area contributed by atoms with Crippen LogP contribution in [0.25, 0.3) is 28.0 Å². The van der Waals surface area contributed by atoms with Crippen molar-refractivity contribution >= 4 is 41.6 Å². The standard InChI is InChI=1S/C19H16N4O3.2ClH/c24-18-15(16-11-23-7-1-5-21-19(23)22-16)8-12-2-3-13(9-17(12)26-18)25-14-4-6-20-10-14;;/h1-3,5,7-9,11,14,20H,4,6,10H2;2*1H/t14-;;/m1../s1. The highest BCUT2D eigenvalue weighted by Crippen LogP contribution is 2.25. The number of rotatable bonds is 3. The van der Waals surface area contributed by atoms with E-state index < -0.39 is 5.63 Å². The van der Waals surface area contributed by atoms with Gasteiger partial charge in [-0.25, -0.2) is 14.8 Å². The van der Waals surface area contributed by atoms with E-state index in [4.69, 9.17) is 9.15 Å². The molecule has 1 fully saturated rings. The first kappa shape index (κ1) is 20.1. The third kappa shape index (κ3) is 3.69. The van der Waals surface area contributed by atoms with Crippen LogP contribution in [0.1, 0.15) is 6.42 Å². The molecule has 4 aromatic rings. The van der Waals surface area contributed by atoms with E-state index in [1.165, 1.54) is 0 Å². The number of hydrogen-bond acceptors (Lipinski definition) is 6. The molecule has 0 unspecified atom stereocenters. The van der Waals surface area contributed by atoms with E-state index >= 15 is 0 Å². The Morgan fingerprint density at radius 3 is 2.93 bits per heavy atom. The summed E-state index contributed by atoms with van der Waals surface area (Å²) < 4.78 is 13.2. The van der Waals surface area contributed by atoms with E-state index in [1.807, 2.05) is 24.4 Å². The van der Waals surface area contributed by atoms with Gasteiger partial charge in [-0.1, -0.05) is 0 Å². The van der Waals surface area contributed by atoms with Crippen molar-refractivity contribution in [1.29, 1.82) is 0 Å². The van der Waals surface area contributed by atoms with Crippen molar-refractivity contribution in [2.24, 2.45) is 0 Å². The number of ether oxygens (including phenoxy) is 1. The Morgan fingerprint density at radius 1 is 1.25 bits per heavy atom. The molecule has 0 saturated carbocycles. The normalized spacial score (nSPS) is 15.9. The molecule has 5 rings (SSSR count). The summed E-state index contributed by atoms with van der Waals surface area (Å²) in [4.78, 5) is 21.1. The molecule has 1 atom stereocenters. The SMILES string of the molecule is Cl.Cl.O=c1oc2cc(O[C@@H]3CCNC3)ccc2cc1-c1cn2cccnc2n1. The molecule has 4 heterocycles. The molecular formula is C19H18Cl2N4O3. The molecule has 0 amide bonds. The first-order valence-electron chi connectivity index (χ1n) is 8.52. The van der Waals surface area contributed by atoms with Crippen molar-refractivity contribution in [1.82, 2.24) is 19.7 Å². The fraction of sp³-hybridized carbons (Fsp3) is 0.211. The van der Waals surface area contributed by atoms with Crippen molar-refractivity contribution in [3.05, 3.63) is 59.3 Å². The molecule has 28 heavy (non-hydrogen) atoms. The van der Waals surface area contributed by atoms with Gasteiger partial charge in [0.05, 0.1) is 11.3 Å². The van der Waals surface area contributed by atoms with Gasteiger partial charge in [-0.3, -0.25) is 4.40 Å². The Hall–Kier alpha value is -2.61. The third-order valence-electron chi connectivity index (χ3n) is 4.54. The molecule has 1 N–H and O–H groups in total. The highest BCUT2D eigenvalue weighted by molar-refractivity contribution is 5.85. The van der Waals surface area contributed by atoms with Crippen LogP contribution >= 0.6 is 24.8 Å². The van der Waals surface area contributed by atoms with Gasteiger partial charge in [0.25, 0.3) is 0 Å². The van der Waals surface area contributed by atoms with Gasteiger partial charge < -0.3 is 14.5 Å². The Kier molecular flexibility index (Phi) is 5.88. The monoisotopic (exact) mass is 420 g/mol. The number of nitrogens with one attached hydrogen (secondary N) is 1. The van der Waals surface area contributed by atoms with Crippen LogP contribution in [0.2, 0.25) is 0 Å². The lowest BCUT2D eigenvalue weighted by Gasteiger charge is -2.12. The van der Waals surface area contributed by atoms with E-state index in [1.54, 1.807) is 28.9 Å². The first-order valence-corrected chi connectivity index (χ1v) is 8.52. The van der Waals surface area contributed by atoms with Gasteiger partial charge in [0.1, 0.15) is 17.4 Å². The summed E-state index contributed by atoms with van der Waals surface area (Å²) in [6.07, 6.45) is 6.40. The van der Waals surface area contributed by atoms with Gasteiger partial charge in [0, 0.05) is 36.6 Å². The zero-order chi connectivity index (χ0) is 17.5. The predicted molar refractivity (Wildman–Crippen MR) is 111 cm³/mol. The maximum absolute atomic E-state index is 12.5. The molecule has 0 radical (unpaired) electrons. The van der Waals surface area contributed by atoms with Crippen LogP contribution in [0.15, 0.2) is 58.1 Å². The molecule has 1 saturated heterocycles. The van der Waals surface area contributed by atoms with Gasteiger partial charge in [-0.05, 0) is 37.2 Å². The predicted octanol–water partition coefficient (Wildman–Crippen LogP) is 3.09. The van der Waals surface area contributed by atoms with Crippen LogP contribution in [0.4, 0.5) is 0 Å². The lowest BCUT2D eigenvalue weighted by atomic mass is 10.1. The fourth-order valence-electron chi connectivity index (χ4n) is 3.22. The number of hydrogen-bond donors (Lipinski definition) is 1. The van der Waals surface area contributed by atoms with Crippen molar-refractivity contribution < 1.29 is 9.15 Å². The minimum atomic E-state index is -0.430. The van der Waals surface area contributed by atoms with Crippen LogP contribution in [0, 0.1) is 0 Å². The summed E-state index contributed by atoms with van der Waals surface area (Å²) in [5.41, 5.74) is 1.03. The van der Waals surface area contributed by atoms with Crippen molar-refractivity contribution in [2.45, 2.75) is 12.5 Å². The molecule has 1 aliphatic heterocycles. The number of benzene rings is 1. The Bertz CT molecular complexity index is 1140. The summed E-state index contributed by atoms with van der Waals surface area (Å²) in [5.74, 6) is 1.25. The van der Waals surface area contributed by atoms with E-state index in [9.17, 15) is 4.79 Å². The van der Waals surface area contributed by atoms with Crippen LogP contribution in [-0.4, -0.2) is 33.6 Å². The lowest BCUT2D eigenvalue weighted by Crippen LogP contribution is -2.19. The second-order valence-electron chi connectivity index (χ2n) is 6.33. The highest BCUT2D eigenvalue weighted by atomic mass is 35.5. The Morgan fingerprint density at radius 2 is 2.14 bits per heavy atom. The Labute approximate surface area is 172 Å². The van der Waals surface area contributed by atoms with Crippen molar-refractivity contribution in [3.8, 4) is 17.0 Å². The topological polar surface area (TPSA) is 81.7 Å². The molecule has 3 aromatic heterocycles. The van der Waals surface area contributed by atoms with E-state index in [-0.39, 0.29) is 30.9 Å². The second-order valence-corrected chi connectivity index (χ2v) is 6.33. The number of nitrogens with zero attached hydrogens (tertiary/aromatic N) is 3. The molecule has 0 aliphatic carbocycles. The smallest absolute Gasteiger partial charge is 0.345 e. The van der Waals surface area contributed by atoms with Crippen molar-refractivity contribution in [2.75, 3.05) is 13.1 Å². The summed E-state index contributed by atoms with van der Waals surface area (Å²) in [7, 11) is 0. The zero-order valence-corrected chi connectivity index (χ0v) is 16.3. The highest BCUT2D eigenvalue weighted by Gasteiger charge is 2.17. The maximum Gasteiger partial charge on any atom is 0.345 e. The molecule has 9 heteroatoms. The summed E-state index contributed by atoms with van der Waals surface area (Å²) in [5, 5.41) is 4.08. The van der Waals surface area contributed by atoms with Gasteiger partial charge >= 0.3 is 5.63 Å². The van der Waals surface area contributed by atoms with E-state index in [0.717, 1.165) is 24.9 Å². The van der Waals surface area contributed by atoms with Gasteiger partial charge in [0.15, 0.2) is 0 Å². The molecule has 146 valence electrons. The summed E-state index contributed by atoms with van der Waals surface area (Å²) >= 11 is 0. The summed E-state index contributed by atoms with van der Waals surface area (Å²) in [6, 6.07) is 9.17. The zero-order valence-electron chi connectivity index (χ0n) is 14.7. The molecule has 7 nitrogen and oxygen atoms in total. The third-order valence-corrected chi connectivity index (χ3v) is 4.54. The first-order chi connectivity index (χ1) is 12.8. The number of imidazole rings is 1. The Balaban J connectivity index is 0.00000112. The number of fused-ring (bicyclic) bond motifs is 2. The van der Waals surface area contributed by atoms with Gasteiger partial charge in [-0.15, -0.1) is 24.8 Å². The number of aromatic nitrogens is 3. The fourth-order valence-corrected chi connectivity index (χ4v) is 3.22. The van der Waals surface area contributed by atoms with Crippen LogP contribution < -0.4 is 15.7 Å². The van der Waals surface area contributed by atoms with Gasteiger partial charge in [0.2, 0.25) is 5.78 Å². The quantitative estimate of drug-likeness (QED) is 0.512. The number of halogens is 2. The minimum absolute atomic E-state index is 0. The van der Waals surface area contributed by atoms with E-state index in [0.29, 0.717) is 28.4 Å². The lowest BCUT2D eigenvalue weighted by molar-refractivity contribution is 0.223. The molecular weight excluding hydrogens is 403 g/mol. The minimum Gasteiger partial charge on any atom is -0.489 e. The molecule has 0 bridgehead atoms. The molecule has 1 aliphatic rings. The van der Waals surface area contributed by atoms with Crippen LogP contribution in [-0.2, 0) is 0 Å².